The molecule has 0 fully saturated rings. The van der Waals surface area contributed by atoms with Crippen molar-refractivity contribution in [3.8, 4) is 6.07 Å². The smallest absolute Gasteiger partial charge is 0.392 e. The van der Waals surface area contributed by atoms with Gasteiger partial charge in [-0.1, -0.05) is 0 Å². The summed E-state index contributed by atoms with van der Waals surface area (Å²) in [6.45, 7) is 2.97. The van der Waals surface area contributed by atoms with Crippen molar-refractivity contribution in [1.29, 1.82) is 5.26 Å². The van der Waals surface area contributed by atoms with Crippen molar-refractivity contribution in [2.75, 3.05) is 11.9 Å². The van der Waals surface area contributed by atoms with Crippen LogP contribution in [0.15, 0.2) is 12.1 Å². The third kappa shape index (κ3) is 3.14. The van der Waals surface area contributed by atoms with Gasteiger partial charge in [-0.3, -0.25) is 0 Å². The molecule has 1 unspecified atom stereocenters. The molecule has 0 radical (unpaired) electrons. The van der Waals surface area contributed by atoms with E-state index in [4.69, 9.17) is 10.4 Å². The van der Waals surface area contributed by atoms with Gasteiger partial charge in [-0.2, -0.15) is 18.4 Å². The normalized spacial score (nSPS) is 12.9. The van der Waals surface area contributed by atoms with E-state index in [0.29, 0.717) is 0 Å². The lowest BCUT2D eigenvalue weighted by atomic mass is 10.00. The Balaban J connectivity index is 3.23. The number of nitriles is 1. The number of nitrogens with zero attached hydrogens (tertiary/aromatic N) is 1. The van der Waals surface area contributed by atoms with Crippen LogP contribution in [0.1, 0.15) is 23.6 Å². The topological polar surface area (TPSA) is 56.0 Å². The van der Waals surface area contributed by atoms with E-state index in [1.54, 1.807) is 0 Å². The van der Waals surface area contributed by atoms with Gasteiger partial charge in [0.2, 0.25) is 0 Å². The zero-order valence-corrected chi connectivity index (χ0v) is 9.97. The van der Waals surface area contributed by atoms with Crippen LogP contribution in [0.5, 0.6) is 0 Å². The van der Waals surface area contributed by atoms with Crippen molar-refractivity contribution in [3.63, 3.8) is 0 Å². The quantitative estimate of drug-likeness (QED) is 0.876. The highest BCUT2D eigenvalue weighted by Gasteiger charge is 2.36. The number of hydrogen-bond acceptors (Lipinski definition) is 3. The largest absolute Gasteiger partial charge is 0.418 e. The number of aliphatic hydroxyl groups is 1. The molecule has 0 aromatic heterocycles. The lowest BCUT2D eigenvalue weighted by Crippen LogP contribution is -2.18. The minimum Gasteiger partial charge on any atom is -0.392 e. The summed E-state index contributed by atoms with van der Waals surface area (Å²) in [4.78, 5) is 0. The number of anilines is 1. The van der Waals surface area contributed by atoms with Crippen LogP contribution in [0.2, 0.25) is 0 Å². The highest BCUT2D eigenvalue weighted by Crippen LogP contribution is 2.37. The molecule has 0 saturated heterocycles. The van der Waals surface area contributed by atoms with Crippen LogP contribution in [0.4, 0.5) is 18.9 Å². The predicted octanol–water partition coefficient (Wildman–Crippen LogP) is 2.68. The number of rotatable bonds is 3. The van der Waals surface area contributed by atoms with Gasteiger partial charge < -0.3 is 10.4 Å². The Bertz CT molecular complexity index is 475. The van der Waals surface area contributed by atoms with Crippen LogP contribution in [0.3, 0.4) is 0 Å². The maximum absolute atomic E-state index is 12.8. The van der Waals surface area contributed by atoms with Crippen LogP contribution in [0, 0.1) is 18.3 Å². The van der Waals surface area contributed by atoms with Gasteiger partial charge in [0.05, 0.1) is 23.3 Å². The maximum atomic E-state index is 12.8. The molecule has 1 atom stereocenters. The van der Waals surface area contributed by atoms with Gasteiger partial charge in [0, 0.05) is 12.2 Å². The fraction of sp³-hybridized carbons (Fsp3) is 0.417. The van der Waals surface area contributed by atoms with Gasteiger partial charge >= 0.3 is 6.18 Å². The summed E-state index contributed by atoms with van der Waals surface area (Å²) in [6, 6.07) is 4.07. The fourth-order valence-electron chi connectivity index (χ4n) is 1.62. The molecule has 98 valence electrons. The first-order valence-electron chi connectivity index (χ1n) is 5.30. The number of hydrogen-bond donors (Lipinski definition) is 2. The minimum absolute atomic E-state index is 0.0396. The van der Waals surface area contributed by atoms with E-state index < -0.39 is 23.4 Å². The molecule has 1 aromatic rings. The summed E-state index contributed by atoms with van der Waals surface area (Å²) in [5, 5.41) is 20.5. The average molecular weight is 258 g/mol. The van der Waals surface area contributed by atoms with Crippen molar-refractivity contribution in [1.82, 2.24) is 0 Å². The minimum atomic E-state index is -4.57. The van der Waals surface area contributed by atoms with E-state index >= 15 is 0 Å². The SMILES string of the molecule is Cc1c(NCC(C)O)ccc(C#N)c1C(F)(F)F. The molecule has 0 heterocycles. The Hall–Kier alpha value is -1.74. The molecule has 1 rings (SSSR count). The van der Waals surface area contributed by atoms with E-state index in [9.17, 15) is 13.2 Å². The van der Waals surface area contributed by atoms with Gasteiger partial charge in [-0.15, -0.1) is 0 Å². The lowest BCUT2D eigenvalue weighted by molar-refractivity contribution is -0.138. The first-order valence-corrected chi connectivity index (χ1v) is 5.30. The molecule has 2 N–H and O–H groups in total. The summed E-state index contributed by atoms with van der Waals surface area (Å²) in [5.41, 5.74) is -1.10. The summed E-state index contributed by atoms with van der Waals surface area (Å²) in [6.07, 6.45) is -5.24. The second kappa shape index (κ2) is 5.27. The van der Waals surface area contributed by atoms with Crippen LogP contribution in [-0.2, 0) is 6.18 Å². The van der Waals surface area contributed by atoms with Crippen molar-refractivity contribution >= 4 is 5.69 Å². The van der Waals surface area contributed by atoms with Gasteiger partial charge in [-0.05, 0) is 31.5 Å². The van der Waals surface area contributed by atoms with E-state index in [-0.39, 0.29) is 17.8 Å². The van der Waals surface area contributed by atoms with E-state index in [0.717, 1.165) is 6.07 Å². The molecule has 0 saturated carbocycles. The molecule has 0 bridgehead atoms. The van der Waals surface area contributed by atoms with Crippen molar-refractivity contribution < 1.29 is 18.3 Å². The predicted molar refractivity (Wildman–Crippen MR) is 61.1 cm³/mol. The number of aliphatic hydroxyl groups excluding tert-OH is 1. The molecule has 6 heteroatoms. The highest BCUT2D eigenvalue weighted by atomic mass is 19.4. The first kappa shape index (κ1) is 14.3. The molecular weight excluding hydrogens is 245 g/mol. The molecule has 0 aliphatic carbocycles. The zero-order valence-electron chi connectivity index (χ0n) is 9.97. The summed E-state index contributed by atoms with van der Waals surface area (Å²) in [7, 11) is 0. The van der Waals surface area contributed by atoms with Gasteiger partial charge in [-0.25, -0.2) is 0 Å². The van der Waals surface area contributed by atoms with Crippen molar-refractivity contribution in [2.45, 2.75) is 26.1 Å². The standard InChI is InChI=1S/C12H13F3N2O/c1-7(18)6-17-10-4-3-9(5-16)11(8(10)2)12(13,14)15/h3-4,7,17-18H,6H2,1-2H3. The Kier molecular flexibility index (Phi) is 4.19. The van der Waals surface area contributed by atoms with Gasteiger partial charge in [0.25, 0.3) is 0 Å². The zero-order chi connectivity index (χ0) is 13.9. The number of benzene rings is 1. The molecule has 1 aromatic carbocycles. The Morgan fingerprint density at radius 3 is 2.50 bits per heavy atom. The van der Waals surface area contributed by atoms with Crippen molar-refractivity contribution in [2.24, 2.45) is 0 Å². The lowest BCUT2D eigenvalue weighted by Gasteiger charge is -2.17. The fourth-order valence-corrected chi connectivity index (χ4v) is 1.62. The van der Waals surface area contributed by atoms with Crippen LogP contribution in [0.25, 0.3) is 0 Å². The average Bonchev–Trinajstić information content (AvgIpc) is 2.24. The molecule has 0 spiro atoms. The Morgan fingerprint density at radius 1 is 1.44 bits per heavy atom. The summed E-state index contributed by atoms with van der Waals surface area (Å²) < 4.78 is 38.5. The number of halogens is 3. The van der Waals surface area contributed by atoms with E-state index in [1.165, 1.54) is 26.0 Å². The monoisotopic (exact) mass is 258 g/mol. The molecular formula is C12H13F3N2O. The Labute approximate surface area is 103 Å². The van der Waals surface area contributed by atoms with Crippen molar-refractivity contribution in [3.05, 3.63) is 28.8 Å². The molecule has 3 nitrogen and oxygen atoms in total. The summed E-state index contributed by atoms with van der Waals surface area (Å²) >= 11 is 0. The maximum Gasteiger partial charge on any atom is 0.418 e. The van der Waals surface area contributed by atoms with E-state index in [1.807, 2.05) is 0 Å². The molecule has 0 aliphatic heterocycles. The highest BCUT2D eigenvalue weighted by molar-refractivity contribution is 5.60. The Morgan fingerprint density at radius 2 is 2.06 bits per heavy atom. The molecule has 0 aliphatic rings. The van der Waals surface area contributed by atoms with Gasteiger partial charge in [0.1, 0.15) is 0 Å². The second-order valence-corrected chi connectivity index (χ2v) is 4.00. The summed E-state index contributed by atoms with van der Waals surface area (Å²) in [5.74, 6) is 0. The third-order valence-corrected chi connectivity index (χ3v) is 2.46. The first-order chi connectivity index (χ1) is 8.27. The van der Waals surface area contributed by atoms with E-state index in [2.05, 4.69) is 5.32 Å². The number of nitrogens with one attached hydrogen (secondary N) is 1. The molecule has 0 amide bonds. The molecule has 18 heavy (non-hydrogen) atoms. The van der Waals surface area contributed by atoms with Gasteiger partial charge in [0.15, 0.2) is 0 Å². The third-order valence-electron chi connectivity index (χ3n) is 2.46. The van der Waals surface area contributed by atoms with Crippen LogP contribution < -0.4 is 5.32 Å². The number of alkyl halides is 3. The second-order valence-electron chi connectivity index (χ2n) is 4.00. The van der Waals surface area contributed by atoms with Crippen LogP contribution in [-0.4, -0.2) is 17.8 Å². The van der Waals surface area contributed by atoms with Crippen LogP contribution >= 0.6 is 0 Å².